The van der Waals surface area contributed by atoms with Gasteiger partial charge in [-0.05, 0) is 30.5 Å². The Kier molecular flexibility index (Phi) is 8.94. The molecule has 0 aliphatic carbocycles. The summed E-state index contributed by atoms with van der Waals surface area (Å²) in [5.41, 5.74) is 1.07. The van der Waals surface area contributed by atoms with E-state index in [1.54, 1.807) is 0 Å². The van der Waals surface area contributed by atoms with Crippen LogP contribution in [-0.4, -0.2) is 44.2 Å². The molecule has 0 aliphatic heterocycles. The van der Waals surface area contributed by atoms with Gasteiger partial charge in [0.2, 0.25) is 0 Å². The zero-order valence-corrected chi connectivity index (χ0v) is 13.4. The summed E-state index contributed by atoms with van der Waals surface area (Å²) < 4.78 is 10.4. The lowest BCUT2D eigenvalue weighted by Gasteiger charge is -2.17. The van der Waals surface area contributed by atoms with E-state index in [2.05, 4.69) is 11.9 Å². The van der Waals surface area contributed by atoms with Crippen molar-refractivity contribution < 1.29 is 14.5 Å². The third kappa shape index (κ3) is 6.87. The highest BCUT2D eigenvalue weighted by Gasteiger charge is 2.17. The topological polar surface area (TPSA) is 51.0 Å². The van der Waals surface area contributed by atoms with Crippen LogP contribution in [0.5, 0.6) is 5.75 Å². The third-order valence-electron chi connectivity index (χ3n) is 3.09. The number of rotatable bonds is 10. The number of hydrogen-bond donors (Lipinski definition) is 1. The van der Waals surface area contributed by atoms with Gasteiger partial charge in [0.25, 0.3) is 0 Å². The molecule has 4 nitrogen and oxygen atoms in total. The summed E-state index contributed by atoms with van der Waals surface area (Å²) in [6, 6.07) is 7.54. The van der Waals surface area contributed by atoms with Crippen molar-refractivity contribution in [3.63, 3.8) is 0 Å². The summed E-state index contributed by atoms with van der Waals surface area (Å²) in [6.45, 7) is 2.87. The van der Waals surface area contributed by atoms with Crippen molar-refractivity contribution in [1.82, 2.24) is 0 Å². The average molecular weight is 312 g/mol. The van der Waals surface area contributed by atoms with Crippen molar-refractivity contribution in [2.45, 2.75) is 38.3 Å². The maximum atomic E-state index is 9.88. The molecular weight excluding hydrogens is 288 g/mol. The number of unbranched alkanes of at least 4 members (excludes halogenated alkanes) is 1. The molecule has 0 bridgehead atoms. The molecule has 2 atom stereocenters. The van der Waals surface area contributed by atoms with Crippen LogP contribution in [0.15, 0.2) is 29.3 Å². The first-order chi connectivity index (χ1) is 10.2. The van der Waals surface area contributed by atoms with Gasteiger partial charge in [-0.15, -0.1) is 11.6 Å². The van der Waals surface area contributed by atoms with Gasteiger partial charge in [-0.25, -0.2) is 0 Å². The number of benzene rings is 1. The van der Waals surface area contributed by atoms with Crippen LogP contribution >= 0.6 is 11.6 Å². The molecule has 1 N–H and O–H groups in total. The van der Waals surface area contributed by atoms with E-state index >= 15 is 0 Å². The van der Waals surface area contributed by atoms with E-state index in [4.69, 9.17) is 21.0 Å². The van der Waals surface area contributed by atoms with Crippen LogP contribution in [-0.2, 0) is 11.1 Å². The molecule has 1 aromatic rings. The molecule has 0 saturated heterocycles. The Morgan fingerprint density at radius 3 is 2.67 bits per heavy atom. The van der Waals surface area contributed by atoms with Crippen LogP contribution in [0.4, 0.5) is 0 Å². The molecule has 1 aromatic carbocycles. The van der Waals surface area contributed by atoms with Gasteiger partial charge in [-0.2, -0.15) is 0 Å². The molecule has 116 valence electrons. The zero-order valence-electron chi connectivity index (χ0n) is 12.7. The first kappa shape index (κ1) is 17.9. The largest absolute Gasteiger partial charge is 0.560 e. The number of alkyl halides is 1. The number of aliphatic hydroxyl groups excluding tert-OH is 1. The van der Waals surface area contributed by atoms with Crippen molar-refractivity contribution in [3.8, 4) is 5.75 Å². The van der Waals surface area contributed by atoms with E-state index in [1.165, 1.54) is 14.4 Å². The molecular formula is C15H23BClNO3. The van der Waals surface area contributed by atoms with Gasteiger partial charge >= 0.3 is 8.05 Å². The molecule has 0 aromatic heterocycles. The van der Waals surface area contributed by atoms with E-state index in [0.29, 0.717) is 6.42 Å². The second-order valence-corrected chi connectivity index (χ2v) is 5.14. The van der Waals surface area contributed by atoms with Crippen molar-refractivity contribution in [2.24, 2.45) is 4.99 Å². The molecule has 0 spiro atoms. The third-order valence-corrected chi connectivity index (χ3v) is 3.41. The highest BCUT2D eigenvalue weighted by Crippen LogP contribution is 2.16. The lowest BCUT2D eigenvalue weighted by molar-refractivity contribution is 0.167. The highest BCUT2D eigenvalue weighted by molar-refractivity contribution is 6.18. The van der Waals surface area contributed by atoms with Crippen LogP contribution < -0.4 is 4.74 Å². The van der Waals surface area contributed by atoms with Gasteiger partial charge in [-0.1, -0.05) is 25.5 Å². The van der Waals surface area contributed by atoms with E-state index in [0.717, 1.165) is 30.8 Å². The van der Waals surface area contributed by atoms with Crippen LogP contribution in [0, 0.1) is 0 Å². The Balaban J connectivity index is 2.60. The monoisotopic (exact) mass is 311 g/mol. The number of halogens is 1. The molecule has 0 unspecified atom stereocenters. The molecule has 0 heterocycles. The Morgan fingerprint density at radius 2 is 2.10 bits per heavy atom. The first-order valence-electron chi connectivity index (χ1n) is 7.21. The molecule has 0 aliphatic rings. The van der Waals surface area contributed by atoms with Crippen LogP contribution in [0.2, 0.25) is 0 Å². The summed E-state index contributed by atoms with van der Waals surface area (Å²) in [5.74, 6) is 1.01. The van der Waals surface area contributed by atoms with Gasteiger partial charge < -0.3 is 14.5 Å². The fourth-order valence-corrected chi connectivity index (χ4v) is 2.03. The predicted molar refractivity (Wildman–Crippen MR) is 89.2 cm³/mol. The molecule has 6 heteroatoms. The Labute approximate surface area is 132 Å². The lowest BCUT2D eigenvalue weighted by Crippen LogP contribution is -2.28. The number of nitrogens with zero attached hydrogens (tertiary/aromatic N) is 1. The maximum absolute atomic E-state index is 9.88. The minimum absolute atomic E-state index is 0.143. The average Bonchev–Trinajstić information content (AvgIpc) is 2.52. The highest BCUT2D eigenvalue weighted by atomic mass is 35.5. The summed E-state index contributed by atoms with van der Waals surface area (Å²) >= 11 is 5.70. The van der Waals surface area contributed by atoms with Gasteiger partial charge in [0.15, 0.2) is 6.40 Å². The fraction of sp³-hybridized carbons (Fsp3) is 0.533. The Hall–Kier alpha value is -1.20. The van der Waals surface area contributed by atoms with E-state index in [-0.39, 0.29) is 11.9 Å². The number of aliphatic hydroxyl groups is 1. The Bertz CT molecular complexity index is 414. The number of hydrogen-bond acceptors (Lipinski definition) is 4. The number of ether oxygens (including phenoxy) is 1. The summed E-state index contributed by atoms with van der Waals surface area (Å²) in [4.78, 5) is 4.18. The molecule has 0 amide bonds. The van der Waals surface area contributed by atoms with Crippen molar-refractivity contribution in [2.75, 3.05) is 12.5 Å². The van der Waals surface area contributed by atoms with Crippen LogP contribution in [0.3, 0.4) is 0 Å². The normalized spacial score (nSPS) is 14.0. The summed E-state index contributed by atoms with van der Waals surface area (Å²) in [6.07, 6.45) is 3.41. The molecule has 1 rings (SSSR count). The number of aliphatic imine (C=N–C) groups is 1. The van der Waals surface area contributed by atoms with Crippen molar-refractivity contribution in [1.29, 1.82) is 0 Å². The SMILES string of the molecule is BOC=N[C@@H](Cc1ccc(OCCCC)cc1)[C@@H](O)CCl. The molecule has 0 fully saturated rings. The van der Waals surface area contributed by atoms with Crippen LogP contribution in [0.25, 0.3) is 0 Å². The van der Waals surface area contributed by atoms with Crippen molar-refractivity contribution >= 4 is 26.1 Å². The van der Waals surface area contributed by atoms with E-state index in [9.17, 15) is 5.11 Å². The minimum atomic E-state index is -0.696. The molecule has 21 heavy (non-hydrogen) atoms. The van der Waals surface area contributed by atoms with Crippen molar-refractivity contribution in [3.05, 3.63) is 29.8 Å². The van der Waals surface area contributed by atoms with Gasteiger partial charge in [0, 0.05) is 0 Å². The lowest BCUT2D eigenvalue weighted by atomic mass is 10.0. The predicted octanol–water partition coefficient (Wildman–Crippen LogP) is 1.97. The summed E-state index contributed by atoms with van der Waals surface area (Å²) in [5, 5.41) is 9.88. The second-order valence-electron chi connectivity index (χ2n) is 4.83. The van der Waals surface area contributed by atoms with Crippen LogP contribution in [0.1, 0.15) is 25.3 Å². The minimum Gasteiger partial charge on any atom is -0.560 e. The standard InChI is InChI=1S/C15H23BClNO3/c1-2-3-8-20-13-6-4-12(5-7-13)9-14(15(19)10-17)18-11-21-16/h4-7,11,14-15,19H,2-3,8-10,16H2,1H3/t14-,15-/m0/s1. The molecule has 0 saturated carbocycles. The van der Waals surface area contributed by atoms with Gasteiger partial charge in [-0.3, -0.25) is 4.99 Å². The quantitative estimate of drug-likeness (QED) is 0.236. The first-order valence-corrected chi connectivity index (χ1v) is 7.74. The molecule has 0 radical (unpaired) electrons. The van der Waals surface area contributed by atoms with E-state index < -0.39 is 6.10 Å². The fourth-order valence-electron chi connectivity index (χ4n) is 1.83. The summed E-state index contributed by atoms with van der Waals surface area (Å²) in [7, 11) is 1.52. The van der Waals surface area contributed by atoms with Gasteiger partial charge in [0.05, 0.1) is 24.6 Å². The Morgan fingerprint density at radius 1 is 1.38 bits per heavy atom. The smallest absolute Gasteiger partial charge is 0.323 e. The maximum Gasteiger partial charge on any atom is 0.323 e. The second kappa shape index (κ2) is 10.5. The van der Waals surface area contributed by atoms with Gasteiger partial charge in [0.1, 0.15) is 5.75 Å². The zero-order chi connectivity index (χ0) is 15.5. The van der Waals surface area contributed by atoms with E-state index in [1.807, 2.05) is 24.3 Å².